The molecule has 84 valence electrons. The molecular formula is C13H32. The van der Waals surface area contributed by atoms with Crippen LogP contribution in [0.5, 0.6) is 0 Å². The summed E-state index contributed by atoms with van der Waals surface area (Å²) in [6.07, 6.45) is 3.95. The Morgan fingerprint density at radius 2 is 1.08 bits per heavy atom. The summed E-state index contributed by atoms with van der Waals surface area (Å²) in [5.74, 6) is 0. The van der Waals surface area contributed by atoms with E-state index in [2.05, 4.69) is 41.5 Å². The van der Waals surface area contributed by atoms with E-state index in [4.69, 9.17) is 0 Å². The van der Waals surface area contributed by atoms with Crippen molar-refractivity contribution < 1.29 is 0 Å². The molecule has 0 amide bonds. The standard InChI is InChI=1S/C11H24.2CH4/c1-7-11(6,8-2)9-10(3,4)5;;/h7-9H2,1-6H3;2*1H4. The minimum atomic E-state index is 0. The van der Waals surface area contributed by atoms with E-state index in [9.17, 15) is 0 Å². The third kappa shape index (κ3) is 8.33. The van der Waals surface area contributed by atoms with Crippen molar-refractivity contribution in [1.29, 1.82) is 0 Å². The average Bonchev–Trinajstić information content (AvgIpc) is 1.84. The molecule has 0 unspecified atom stereocenters. The molecule has 0 fully saturated rings. The second kappa shape index (κ2) is 6.45. The van der Waals surface area contributed by atoms with Crippen LogP contribution in [0.3, 0.4) is 0 Å². The Hall–Kier alpha value is 0. The Morgan fingerprint density at radius 1 is 0.769 bits per heavy atom. The maximum absolute atomic E-state index is 2.40. The van der Waals surface area contributed by atoms with Crippen molar-refractivity contribution in [2.24, 2.45) is 10.8 Å². The van der Waals surface area contributed by atoms with Gasteiger partial charge in [0.05, 0.1) is 0 Å². The van der Waals surface area contributed by atoms with Crippen LogP contribution in [0.25, 0.3) is 0 Å². The van der Waals surface area contributed by atoms with E-state index in [-0.39, 0.29) is 14.9 Å². The predicted molar refractivity (Wildman–Crippen MR) is 66.2 cm³/mol. The van der Waals surface area contributed by atoms with Gasteiger partial charge in [0.1, 0.15) is 0 Å². The summed E-state index contributed by atoms with van der Waals surface area (Å²) in [5, 5.41) is 0. The third-order valence-electron chi connectivity index (χ3n) is 2.66. The van der Waals surface area contributed by atoms with Gasteiger partial charge in [0.2, 0.25) is 0 Å². The lowest BCUT2D eigenvalue weighted by molar-refractivity contribution is 0.178. The van der Waals surface area contributed by atoms with Gasteiger partial charge in [0, 0.05) is 0 Å². The van der Waals surface area contributed by atoms with Crippen LogP contribution < -0.4 is 0 Å². The van der Waals surface area contributed by atoms with Gasteiger partial charge < -0.3 is 0 Å². The largest absolute Gasteiger partial charge is 0.0776 e. The highest BCUT2D eigenvalue weighted by molar-refractivity contribution is 4.77. The summed E-state index contributed by atoms with van der Waals surface area (Å²) in [6, 6.07) is 0. The van der Waals surface area contributed by atoms with E-state index in [1.54, 1.807) is 0 Å². The first-order chi connectivity index (χ1) is 4.83. The molecule has 0 heteroatoms. The highest BCUT2D eigenvalue weighted by atomic mass is 14.3. The molecule has 0 bridgehead atoms. The Kier molecular flexibility index (Phi) is 9.29. The molecule has 0 N–H and O–H groups in total. The monoisotopic (exact) mass is 188 g/mol. The average molecular weight is 188 g/mol. The summed E-state index contributed by atoms with van der Waals surface area (Å²) in [7, 11) is 0. The summed E-state index contributed by atoms with van der Waals surface area (Å²) >= 11 is 0. The van der Waals surface area contributed by atoms with Crippen LogP contribution in [0.2, 0.25) is 0 Å². The van der Waals surface area contributed by atoms with Gasteiger partial charge >= 0.3 is 0 Å². The Bertz CT molecular complexity index is 102. The molecule has 0 aromatic carbocycles. The molecule has 0 saturated carbocycles. The highest BCUT2D eigenvalue weighted by Crippen LogP contribution is 2.38. The normalized spacial score (nSPS) is 11.5. The topological polar surface area (TPSA) is 0 Å². The number of hydrogen-bond donors (Lipinski definition) is 0. The van der Waals surface area contributed by atoms with Gasteiger partial charge in [0.15, 0.2) is 0 Å². The van der Waals surface area contributed by atoms with E-state index >= 15 is 0 Å². The molecule has 0 radical (unpaired) electrons. The van der Waals surface area contributed by atoms with Crippen LogP contribution in [0.15, 0.2) is 0 Å². The minimum absolute atomic E-state index is 0. The first-order valence-electron chi connectivity index (χ1n) is 4.83. The Morgan fingerprint density at radius 3 is 1.15 bits per heavy atom. The molecule has 0 spiro atoms. The van der Waals surface area contributed by atoms with E-state index < -0.39 is 0 Å². The van der Waals surface area contributed by atoms with Gasteiger partial charge in [-0.05, 0) is 17.3 Å². The highest BCUT2D eigenvalue weighted by Gasteiger charge is 2.26. The zero-order valence-corrected chi connectivity index (χ0v) is 9.12. The van der Waals surface area contributed by atoms with E-state index in [0.717, 1.165) is 0 Å². The van der Waals surface area contributed by atoms with Crippen LogP contribution in [0.4, 0.5) is 0 Å². The minimum Gasteiger partial charge on any atom is -0.0776 e. The van der Waals surface area contributed by atoms with Crippen LogP contribution in [-0.2, 0) is 0 Å². The number of rotatable bonds is 3. The van der Waals surface area contributed by atoms with Gasteiger partial charge in [-0.3, -0.25) is 0 Å². The maximum atomic E-state index is 2.40. The summed E-state index contributed by atoms with van der Waals surface area (Å²) in [4.78, 5) is 0. The fourth-order valence-corrected chi connectivity index (χ4v) is 1.78. The maximum Gasteiger partial charge on any atom is -0.0326 e. The molecule has 0 atom stereocenters. The quantitative estimate of drug-likeness (QED) is 0.547. The molecule has 0 aromatic rings. The Labute approximate surface area is 87.1 Å². The Balaban J connectivity index is -0.000000500. The third-order valence-corrected chi connectivity index (χ3v) is 2.66. The summed E-state index contributed by atoms with van der Waals surface area (Å²) in [5.41, 5.74) is 1.05. The second-order valence-electron chi connectivity index (χ2n) is 5.26. The summed E-state index contributed by atoms with van der Waals surface area (Å²) < 4.78 is 0. The molecule has 0 heterocycles. The molecular weight excluding hydrogens is 156 g/mol. The molecule has 0 aliphatic rings. The molecule has 0 aromatic heterocycles. The smallest absolute Gasteiger partial charge is 0.0326 e. The van der Waals surface area contributed by atoms with Gasteiger partial charge in [-0.1, -0.05) is 69.2 Å². The van der Waals surface area contributed by atoms with Crippen LogP contribution in [-0.4, -0.2) is 0 Å². The fourth-order valence-electron chi connectivity index (χ4n) is 1.78. The molecule has 0 rings (SSSR count). The van der Waals surface area contributed by atoms with Gasteiger partial charge in [-0.25, -0.2) is 0 Å². The van der Waals surface area contributed by atoms with Crippen molar-refractivity contribution in [1.82, 2.24) is 0 Å². The molecule has 0 nitrogen and oxygen atoms in total. The molecule has 0 aliphatic heterocycles. The van der Waals surface area contributed by atoms with E-state index in [0.29, 0.717) is 10.8 Å². The zero-order chi connectivity index (χ0) is 9.12. The van der Waals surface area contributed by atoms with E-state index in [1.165, 1.54) is 19.3 Å². The predicted octanol–water partition coefficient (Wildman–Crippen LogP) is 5.52. The fraction of sp³-hybridized carbons (Fsp3) is 1.00. The first-order valence-corrected chi connectivity index (χ1v) is 4.83. The van der Waals surface area contributed by atoms with E-state index in [1.807, 2.05) is 0 Å². The van der Waals surface area contributed by atoms with Gasteiger partial charge in [-0.15, -0.1) is 0 Å². The van der Waals surface area contributed by atoms with Crippen molar-refractivity contribution in [3.63, 3.8) is 0 Å². The lowest BCUT2D eigenvalue weighted by Gasteiger charge is -2.34. The first kappa shape index (κ1) is 18.7. The van der Waals surface area contributed by atoms with Gasteiger partial charge in [-0.2, -0.15) is 0 Å². The van der Waals surface area contributed by atoms with Gasteiger partial charge in [0.25, 0.3) is 0 Å². The SMILES string of the molecule is C.C.CCC(C)(CC)CC(C)(C)C. The second-order valence-corrected chi connectivity index (χ2v) is 5.26. The lowest BCUT2D eigenvalue weighted by atomic mass is 9.72. The van der Waals surface area contributed by atoms with Crippen molar-refractivity contribution in [3.05, 3.63) is 0 Å². The zero-order valence-electron chi connectivity index (χ0n) is 9.12. The van der Waals surface area contributed by atoms with Crippen molar-refractivity contribution in [3.8, 4) is 0 Å². The van der Waals surface area contributed by atoms with Crippen LogP contribution in [0, 0.1) is 10.8 Å². The number of hydrogen-bond acceptors (Lipinski definition) is 0. The van der Waals surface area contributed by atoms with Crippen LogP contribution >= 0.6 is 0 Å². The van der Waals surface area contributed by atoms with Crippen molar-refractivity contribution >= 4 is 0 Å². The van der Waals surface area contributed by atoms with Crippen molar-refractivity contribution in [2.75, 3.05) is 0 Å². The molecule has 0 saturated heterocycles. The summed E-state index contributed by atoms with van der Waals surface area (Å²) in [6.45, 7) is 14.0. The lowest BCUT2D eigenvalue weighted by Crippen LogP contribution is -2.22. The van der Waals surface area contributed by atoms with Crippen molar-refractivity contribution in [2.45, 2.75) is 75.7 Å². The molecule has 13 heavy (non-hydrogen) atoms. The molecule has 0 aliphatic carbocycles. The van der Waals surface area contributed by atoms with Crippen LogP contribution in [0.1, 0.15) is 75.7 Å².